The van der Waals surface area contributed by atoms with Gasteiger partial charge < -0.3 is 10.3 Å². The fraction of sp³-hybridized carbons (Fsp3) is 0.333. The largest absolute Gasteiger partial charge is 0.337 e. The maximum atomic E-state index is 12.5. The highest BCUT2D eigenvalue weighted by Crippen LogP contribution is 2.15. The highest BCUT2D eigenvalue weighted by molar-refractivity contribution is 7.07. The summed E-state index contributed by atoms with van der Waals surface area (Å²) in [5.41, 5.74) is 5.15. The Morgan fingerprint density at radius 1 is 1.48 bits per heavy atom. The Morgan fingerprint density at radius 2 is 2.29 bits per heavy atom. The number of pyridine rings is 1. The number of anilines is 1. The summed E-state index contributed by atoms with van der Waals surface area (Å²) in [5, 5.41) is 4.06. The van der Waals surface area contributed by atoms with Crippen LogP contribution >= 0.6 is 11.3 Å². The number of nitrogens with zero attached hydrogens (tertiary/aromatic N) is 2. The minimum absolute atomic E-state index is 0.0301. The van der Waals surface area contributed by atoms with E-state index in [4.69, 9.17) is 5.84 Å². The van der Waals surface area contributed by atoms with Crippen molar-refractivity contribution >= 4 is 23.1 Å². The van der Waals surface area contributed by atoms with Crippen LogP contribution in [0.25, 0.3) is 0 Å². The van der Waals surface area contributed by atoms with E-state index in [0.29, 0.717) is 17.9 Å². The fourth-order valence-corrected chi connectivity index (χ4v) is 2.78. The molecule has 0 aliphatic rings. The van der Waals surface area contributed by atoms with Gasteiger partial charge in [0.05, 0.1) is 0 Å². The molecule has 0 atom stereocenters. The van der Waals surface area contributed by atoms with Gasteiger partial charge >= 0.3 is 0 Å². The van der Waals surface area contributed by atoms with Gasteiger partial charge in [-0.3, -0.25) is 4.79 Å². The van der Waals surface area contributed by atoms with Crippen LogP contribution in [0.4, 0.5) is 5.82 Å². The predicted octanol–water partition coefficient (Wildman–Crippen LogP) is 2.65. The third kappa shape index (κ3) is 4.03. The summed E-state index contributed by atoms with van der Waals surface area (Å²) in [4.78, 5) is 18.6. The van der Waals surface area contributed by atoms with Crippen molar-refractivity contribution < 1.29 is 4.79 Å². The summed E-state index contributed by atoms with van der Waals surface area (Å²) in [6.07, 6.45) is 1.80. The van der Waals surface area contributed by atoms with Crippen LogP contribution < -0.4 is 11.3 Å². The quantitative estimate of drug-likeness (QED) is 0.636. The van der Waals surface area contributed by atoms with Gasteiger partial charge in [-0.25, -0.2) is 10.8 Å². The molecule has 0 aliphatic carbocycles. The van der Waals surface area contributed by atoms with E-state index in [-0.39, 0.29) is 5.91 Å². The van der Waals surface area contributed by atoms with Crippen LogP contribution in [0.5, 0.6) is 0 Å². The lowest BCUT2D eigenvalue weighted by Gasteiger charge is -2.17. The molecule has 0 aromatic carbocycles. The van der Waals surface area contributed by atoms with Crippen LogP contribution in [0, 0.1) is 0 Å². The number of hydrazine groups is 1. The number of carbonyl (C=O) groups is 1. The minimum atomic E-state index is -0.0301. The first-order valence-electron chi connectivity index (χ1n) is 6.88. The Labute approximate surface area is 128 Å². The average Bonchev–Trinajstić information content (AvgIpc) is 2.99. The lowest BCUT2D eigenvalue weighted by molar-refractivity contribution is 0.0785. The molecule has 2 aromatic heterocycles. The lowest BCUT2D eigenvalue weighted by Crippen LogP contribution is -2.26. The second-order valence-corrected chi connectivity index (χ2v) is 5.70. The number of hydrogen-bond donors (Lipinski definition) is 2. The van der Waals surface area contributed by atoms with Crippen molar-refractivity contribution in [3.8, 4) is 0 Å². The Kier molecular flexibility index (Phi) is 5.30. The number of carbonyl (C=O) groups excluding carboxylic acids is 1. The molecule has 0 spiro atoms. The maximum absolute atomic E-state index is 12.5. The van der Waals surface area contributed by atoms with E-state index in [9.17, 15) is 4.79 Å². The molecule has 0 saturated carbocycles. The molecule has 2 aromatic rings. The highest BCUT2D eigenvalue weighted by Gasteiger charge is 2.14. The molecule has 2 rings (SSSR count). The van der Waals surface area contributed by atoms with Gasteiger partial charge in [0.1, 0.15) is 5.82 Å². The lowest BCUT2D eigenvalue weighted by atomic mass is 10.1. The minimum Gasteiger partial charge on any atom is -0.337 e. The van der Waals surface area contributed by atoms with E-state index in [2.05, 4.69) is 17.3 Å². The Hall–Kier alpha value is -1.92. The van der Waals surface area contributed by atoms with Crippen molar-refractivity contribution in [2.45, 2.75) is 26.3 Å². The summed E-state index contributed by atoms with van der Waals surface area (Å²) in [6.45, 7) is 2.67. The molecular formula is C15H20N4OS. The van der Waals surface area contributed by atoms with Gasteiger partial charge in [0.25, 0.3) is 5.91 Å². The zero-order valence-electron chi connectivity index (χ0n) is 12.3. The number of nitrogens with two attached hydrogens (primary N) is 1. The zero-order valence-corrected chi connectivity index (χ0v) is 13.1. The number of aromatic nitrogens is 1. The number of thiophene rings is 1. The monoisotopic (exact) mass is 304 g/mol. The van der Waals surface area contributed by atoms with Gasteiger partial charge in [0, 0.05) is 24.8 Å². The molecule has 5 nitrogen and oxygen atoms in total. The summed E-state index contributed by atoms with van der Waals surface area (Å²) in [6, 6.07) is 5.55. The van der Waals surface area contributed by atoms with Gasteiger partial charge in [-0.05, 0) is 40.9 Å². The summed E-state index contributed by atoms with van der Waals surface area (Å²) in [7, 11) is 1.80. The SMILES string of the molecule is CCCc1cc(C(=O)N(C)Cc2ccsc2)cc(NN)n1. The summed E-state index contributed by atoms with van der Waals surface area (Å²) in [5.74, 6) is 5.93. The number of nitrogens with one attached hydrogen (secondary N) is 1. The van der Waals surface area contributed by atoms with Gasteiger partial charge in [0.2, 0.25) is 0 Å². The Balaban J connectivity index is 2.18. The third-order valence-corrected chi connectivity index (χ3v) is 3.86. The first-order chi connectivity index (χ1) is 10.1. The normalized spacial score (nSPS) is 10.4. The maximum Gasteiger partial charge on any atom is 0.254 e. The molecule has 3 N–H and O–H groups in total. The van der Waals surface area contributed by atoms with Crippen LogP contribution in [-0.4, -0.2) is 22.8 Å². The molecule has 2 heterocycles. The molecule has 0 unspecified atom stereocenters. The second kappa shape index (κ2) is 7.19. The number of nitrogen functional groups attached to an aromatic ring is 1. The summed E-state index contributed by atoms with van der Waals surface area (Å²) < 4.78 is 0. The number of rotatable bonds is 6. The van der Waals surface area contributed by atoms with Crippen LogP contribution in [0.15, 0.2) is 29.0 Å². The van der Waals surface area contributed by atoms with Gasteiger partial charge in [-0.1, -0.05) is 13.3 Å². The molecule has 21 heavy (non-hydrogen) atoms. The number of hydrogen-bond acceptors (Lipinski definition) is 5. The number of aryl methyl sites for hydroxylation is 1. The smallest absolute Gasteiger partial charge is 0.254 e. The van der Waals surface area contributed by atoms with E-state index in [0.717, 1.165) is 24.1 Å². The topological polar surface area (TPSA) is 71.2 Å². The number of amides is 1. The molecule has 0 bridgehead atoms. The van der Waals surface area contributed by atoms with Crippen molar-refractivity contribution in [3.63, 3.8) is 0 Å². The average molecular weight is 304 g/mol. The van der Waals surface area contributed by atoms with Crippen molar-refractivity contribution in [1.82, 2.24) is 9.88 Å². The Bertz CT molecular complexity index is 598. The molecule has 112 valence electrons. The van der Waals surface area contributed by atoms with Crippen molar-refractivity contribution in [2.75, 3.05) is 12.5 Å². The van der Waals surface area contributed by atoms with Crippen LogP contribution in [0.1, 0.15) is 35.0 Å². The van der Waals surface area contributed by atoms with E-state index in [1.165, 1.54) is 0 Å². The molecule has 1 amide bonds. The molecular weight excluding hydrogens is 284 g/mol. The first-order valence-corrected chi connectivity index (χ1v) is 7.82. The third-order valence-electron chi connectivity index (χ3n) is 3.13. The van der Waals surface area contributed by atoms with E-state index in [1.54, 1.807) is 29.4 Å². The van der Waals surface area contributed by atoms with Gasteiger partial charge in [0.15, 0.2) is 0 Å². The van der Waals surface area contributed by atoms with Crippen molar-refractivity contribution in [1.29, 1.82) is 0 Å². The van der Waals surface area contributed by atoms with E-state index >= 15 is 0 Å². The zero-order chi connectivity index (χ0) is 15.2. The predicted molar refractivity (Wildman–Crippen MR) is 86.2 cm³/mol. The van der Waals surface area contributed by atoms with Crippen LogP contribution in [0.3, 0.4) is 0 Å². The summed E-state index contributed by atoms with van der Waals surface area (Å²) >= 11 is 1.63. The van der Waals surface area contributed by atoms with Crippen molar-refractivity contribution in [3.05, 3.63) is 45.8 Å². The van der Waals surface area contributed by atoms with E-state index < -0.39 is 0 Å². The van der Waals surface area contributed by atoms with Crippen LogP contribution in [-0.2, 0) is 13.0 Å². The van der Waals surface area contributed by atoms with Gasteiger partial charge in [-0.15, -0.1) is 0 Å². The molecule has 0 saturated heterocycles. The standard InChI is InChI=1S/C15H20N4OS/c1-3-4-13-7-12(8-14(17-13)18-16)15(20)19(2)9-11-5-6-21-10-11/h5-8,10H,3-4,9,16H2,1-2H3,(H,17,18). The molecule has 0 fully saturated rings. The Morgan fingerprint density at radius 3 is 2.90 bits per heavy atom. The molecule has 0 radical (unpaired) electrons. The molecule has 6 heteroatoms. The first kappa shape index (κ1) is 15.5. The van der Waals surface area contributed by atoms with Gasteiger partial charge in [-0.2, -0.15) is 11.3 Å². The van der Waals surface area contributed by atoms with E-state index in [1.807, 2.05) is 22.9 Å². The second-order valence-electron chi connectivity index (χ2n) is 4.92. The van der Waals surface area contributed by atoms with Crippen LogP contribution in [0.2, 0.25) is 0 Å². The van der Waals surface area contributed by atoms with Crippen molar-refractivity contribution in [2.24, 2.45) is 5.84 Å². The molecule has 0 aliphatic heterocycles. The fourth-order valence-electron chi connectivity index (χ4n) is 2.12. The highest BCUT2D eigenvalue weighted by atomic mass is 32.1.